The van der Waals surface area contributed by atoms with Gasteiger partial charge in [0.25, 0.3) is 5.56 Å². The van der Waals surface area contributed by atoms with Crippen LogP contribution in [0.25, 0.3) is 6.08 Å². The maximum atomic E-state index is 12.3. The lowest BCUT2D eigenvalue weighted by atomic mass is 10.1. The fraction of sp³-hybridized carbons (Fsp3) is 0.240. The van der Waals surface area contributed by atoms with E-state index in [-0.39, 0.29) is 40.4 Å². The average molecular weight is 498 g/mol. The monoisotopic (exact) mass is 497 g/mol. The molecule has 0 bridgehead atoms. The molecule has 35 heavy (non-hydrogen) atoms. The second kappa shape index (κ2) is 12.5. The third kappa shape index (κ3) is 7.54. The van der Waals surface area contributed by atoms with E-state index in [1.807, 2.05) is 18.2 Å². The number of phenols is 1. The molecule has 184 valence electrons. The zero-order valence-corrected chi connectivity index (χ0v) is 20.2. The number of H-pyrrole nitrogens is 1. The number of aromatic nitrogens is 2. The van der Waals surface area contributed by atoms with Crippen LogP contribution in [0.15, 0.2) is 58.5 Å². The number of nitrogens with one attached hydrogen (secondary N) is 2. The molecule has 0 saturated heterocycles. The van der Waals surface area contributed by atoms with E-state index < -0.39 is 5.56 Å². The van der Waals surface area contributed by atoms with Crippen LogP contribution in [0, 0.1) is 0 Å². The standard InChI is InChI=1S/C25H27N3O6S/c1-33-20-11-8-17(14-21(20)34-2)12-13-26-22(30)15-35-25-27-23(31)19(24(32)28-25)5-3-4-16-6-9-18(29)10-7-16/h3-4,6-11,14,29H,5,12-13,15H2,1-2H3,(H,26,30)(H2,27,28,31,32). The number of methoxy groups -OCH3 is 2. The molecule has 1 aromatic heterocycles. The van der Waals surface area contributed by atoms with Crippen molar-refractivity contribution >= 4 is 23.7 Å². The number of carbonyl (C=O) groups excluding carboxylic acids is 1. The Hall–Kier alpha value is -3.92. The van der Waals surface area contributed by atoms with E-state index in [1.165, 1.54) is 0 Å². The number of thioether (sulfide) groups is 1. The summed E-state index contributed by atoms with van der Waals surface area (Å²) in [6.07, 6.45) is 4.28. The first-order valence-electron chi connectivity index (χ1n) is 10.8. The van der Waals surface area contributed by atoms with Crippen molar-refractivity contribution in [2.45, 2.75) is 18.0 Å². The van der Waals surface area contributed by atoms with Crippen LogP contribution in [0.4, 0.5) is 0 Å². The Kier molecular flexibility index (Phi) is 9.19. The van der Waals surface area contributed by atoms with Crippen molar-refractivity contribution in [1.82, 2.24) is 15.3 Å². The molecule has 0 fully saturated rings. The van der Waals surface area contributed by atoms with Gasteiger partial charge in [0.15, 0.2) is 22.5 Å². The van der Waals surface area contributed by atoms with Gasteiger partial charge in [-0.15, -0.1) is 0 Å². The Morgan fingerprint density at radius 1 is 1.11 bits per heavy atom. The second-order valence-corrected chi connectivity index (χ2v) is 8.41. The average Bonchev–Trinajstić information content (AvgIpc) is 2.85. The van der Waals surface area contributed by atoms with Gasteiger partial charge in [0, 0.05) is 13.0 Å². The number of aromatic amines is 1. The Morgan fingerprint density at radius 3 is 2.54 bits per heavy atom. The van der Waals surface area contributed by atoms with Gasteiger partial charge < -0.3 is 30.0 Å². The van der Waals surface area contributed by atoms with Gasteiger partial charge in [-0.1, -0.05) is 42.1 Å². The highest BCUT2D eigenvalue weighted by molar-refractivity contribution is 7.99. The highest BCUT2D eigenvalue weighted by atomic mass is 32.2. The predicted octanol–water partition coefficient (Wildman–Crippen LogP) is 2.91. The molecule has 0 atom stereocenters. The van der Waals surface area contributed by atoms with Crippen LogP contribution in [-0.4, -0.2) is 52.6 Å². The quantitative estimate of drug-likeness (QED) is 0.235. The molecular weight excluding hydrogens is 470 g/mol. The number of rotatable bonds is 11. The molecule has 0 aliphatic rings. The summed E-state index contributed by atoms with van der Waals surface area (Å²) in [6.45, 7) is 0.427. The van der Waals surface area contributed by atoms with Gasteiger partial charge in [-0.2, -0.15) is 4.98 Å². The smallest absolute Gasteiger partial charge is 0.281 e. The number of ether oxygens (including phenoxy) is 2. The number of amides is 1. The minimum absolute atomic E-state index is 0.0361. The van der Waals surface area contributed by atoms with Gasteiger partial charge in [-0.25, -0.2) is 0 Å². The molecule has 0 spiro atoms. The van der Waals surface area contributed by atoms with E-state index in [0.29, 0.717) is 24.5 Å². The number of hydrogen-bond donors (Lipinski definition) is 4. The lowest BCUT2D eigenvalue weighted by Gasteiger charge is -2.10. The number of hydrogen-bond acceptors (Lipinski definition) is 8. The SMILES string of the molecule is COc1ccc(CCNC(=O)CSc2nc(=O)c(CC=Cc3ccc(O)cc3)c(O)[nH]2)cc1OC. The number of phenolic OH excluding ortho intramolecular Hbond substituents is 1. The molecule has 9 nitrogen and oxygen atoms in total. The minimum Gasteiger partial charge on any atom is -0.508 e. The van der Waals surface area contributed by atoms with Crippen molar-refractivity contribution in [3.05, 3.63) is 75.6 Å². The summed E-state index contributed by atoms with van der Waals surface area (Å²) in [5, 5.41) is 22.5. The van der Waals surface area contributed by atoms with E-state index >= 15 is 0 Å². The lowest BCUT2D eigenvalue weighted by Crippen LogP contribution is -2.27. The maximum Gasteiger partial charge on any atom is 0.281 e. The molecule has 2 aromatic carbocycles. The first kappa shape index (κ1) is 25.7. The number of aromatic hydroxyl groups is 2. The molecule has 4 N–H and O–H groups in total. The van der Waals surface area contributed by atoms with E-state index in [9.17, 15) is 19.8 Å². The summed E-state index contributed by atoms with van der Waals surface area (Å²) in [5.74, 6) is 0.964. The number of allylic oxidation sites excluding steroid dienone is 1. The number of carbonyl (C=O) groups is 1. The van der Waals surface area contributed by atoms with Crippen molar-refractivity contribution in [3.63, 3.8) is 0 Å². The summed E-state index contributed by atoms with van der Waals surface area (Å²) in [5.41, 5.74) is 1.40. The summed E-state index contributed by atoms with van der Waals surface area (Å²) in [4.78, 5) is 31.1. The van der Waals surface area contributed by atoms with Crippen molar-refractivity contribution < 1.29 is 24.5 Å². The molecular formula is C25H27N3O6S. The zero-order valence-electron chi connectivity index (χ0n) is 19.4. The fourth-order valence-electron chi connectivity index (χ4n) is 3.18. The summed E-state index contributed by atoms with van der Waals surface area (Å²) < 4.78 is 10.5. The molecule has 10 heteroatoms. The largest absolute Gasteiger partial charge is 0.508 e. The first-order chi connectivity index (χ1) is 16.9. The molecule has 0 unspecified atom stereocenters. The normalized spacial score (nSPS) is 10.9. The topological polar surface area (TPSA) is 134 Å². The first-order valence-corrected chi connectivity index (χ1v) is 11.8. The third-order valence-corrected chi connectivity index (χ3v) is 5.89. The molecule has 1 heterocycles. The highest BCUT2D eigenvalue weighted by Gasteiger charge is 2.12. The number of nitrogens with zero attached hydrogens (tertiary/aromatic N) is 1. The van der Waals surface area contributed by atoms with Crippen LogP contribution in [0.5, 0.6) is 23.1 Å². The Bertz CT molecular complexity index is 1240. The second-order valence-electron chi connectivity index (χ2n) is 7.45. The van der Waals surface area contributed by atoms with Crippen molar-refractivity contribution in [1.29, 1.82) is 0 Å². The van der Waals surface area contributed by atoms with Gasteiger partial charge in [-0.05, 0) is 41.8 Å². The van der Waals surface area contributed by atoms with Gasteiger partial charge in [-0.3, -0.25) is 9.59 Å². The van der Waals surface area contributed by atoms with Crippen LogP contribution in [0.3, 0.4) is 0 Å². The predicted molar refractivity (Wildman–Crippen MR) is 134 cm³/mol. The summed E-state index contributed by atoms with van der Waals surface area (Å²) >= 11 is 1.03. The summed E-state index contributed by atoms with van der Waals surface area (Å²) in [7, 11) is 3.14. The van der Waals surface area contributed by atoms with Gasteiger partial charge in [0.2, 0.25) is 5.91 Å². The van der Waals surface area contributed by atoms with Crippen molar-refractivity contribution in [2.24, 2.45) is 0 Å². The molecule has 3 rings (SSSR count). The van der Waals surface area contributed by atoms with Crippen LogP contribution >= 0.6 is 11.8 Å². The van der Waals surface area contributed by atoms with Crippen LogP contribution in [0.2, 0.25) is 0 Å². The minimum atomic E-state index is -0.562. The van der Waals surface area contributed by atoms with Crippen molar-refractivity contribution in [2.75, 3.05) is 26.5 Å². The van der Waals surface area contributed by atoms with Gasteiger partial charge in [0.1, 0.15) is 5.75 Å². The number of benzene rings is 2. The third-order valence-electron chi connectivity index (χ3n) is 5.02. The van der Waals surface area contributed by atoms with E-state index in [2.05, 4.69) is 15.3 Å². The van der Waals surface area contributed by atoms with Gasteiger partial charge in [0.05, 0.1) is 25.5 Å². The van der Waals surface area contributed by atoms with Gasteiger partial charge >= 0.3 is 0 Å². The Labute approximate surface area is 206 Å². The Balaban J connectivity index is 1.48. The molecule has 0 radical (unpaired) electrons. The van der Waals surface area contributed by atoms with Crippen LogP contribution in [0.1, 0.15) is 16.7 Å². The van der Waals surface area contributed by atoms with Crippen LogP contribution in [-0.2, 0) is 17.6 Å². The zero-order chi connectivity index (χ0) is 25.2. The van der Waals surface area contributed by atoms with E-state index in [4.69, 9.17) is 9.47 Å². The highest BCUT2D eigenvalue weighted by Crippen LogP contribution is 2.27. The molecule has 0 saturated carbocycles. The lowest BCUT2D eigenvalue weighted by molar-refractivity contribution is -0.118. The molecule has 1 amide bonds. The van der Waals surface area contributed by atoms with Crippen molar-refractivity contribution in [3.8, 4) is 23.1 Å². The molecule has 0 aliphatic heterocycles. The summed E-state index contributed by atoms with van der Waals surface area (Å²) in [6, 6.07) is 12.2. The van der Waals surface area contributed by atoms with Crippen LogP contribution < -0.4 is 20.3 Å². The molecule has 3 aromatic rings. The molecule has 0 aliphatic carbocycles. The van der Waals surface area contributed by atoms with E-state index in [1.54, 1.807) is 50.6 Å². The maximum absolute atomic E-state index is 12.3. The Morgan fingerprint density at radius 2 is 1.86 bits per heavy atom. The fourth-order valence-corrected chi connectivity index (χ4v) is 3.87. The van der Waals surface area contributed by atoms with E-state index in [0.717, 1.165) is 22.9 Å².